The van der Waals surface area contributed by atoms with Crippen molar-refractivity contribution in [2.45, 2.75) is 6.92 Å². The molecular weight excluding hydrogens is 266 g/mol. The van der Waals surface area contributed by atoms with Crippen LogP contribution < -0.4 is 5.32 Å². The Labute approximate surface area is 121 Å². The molecule has 1 aromatic heterocycles. The van der Waals surface area contributed by atoms with Crippen LogP contribution in [0.5, 0.6) is 0 Å². The number of benzene rings is 2. The van der Waals surface area contributed by atoms with Gasteiger partial charge in [-0.05, 0) is 18.2 Å². The number of carbonyl (C=O) groups is 2. The summed E-state index contributed by atoms with van der Waals surface area (Å²) in [7, 11) is 0. The van der Waals surface area contributed by atoms with Gasteiger partial charge in [0.25, 0.3) is 0 Å². The average molecular weight is 279 g/mol. The molecule has 2 aromatic carbocycles. The lowest BCUT2D eigenvalue weighted by Crippen LogP contribution is -2.06. The lowest BCUT2D eigenvalue weighted by molar-refractivity contribution is -0.114. The number of amides is 1. The molecule has 0 saturated carbocycles. The summed E-state index contributed by atoms with van der Waals surface area (Å²) in [6.07, 6.45) is 0. The van der Waals surface area contributed by atoms with Crippen molar-refractivity contribution in [3.05, 3.63) is 59.7 Å². The van der Waals surface area contributed by atoms with E-state index in [2.05, 4.69) is 15.5 Å². The van der Waals surface area contributed by atoms with Crippen molar-refractivity contribution in [2.75, 3.05) is 5.32 Å². The largest absolute Gasteiger partial charge is 0.309 e. The molecule has 0 saturated heterocycles. The maximum absolute atomic E-state index is 12.4. The number of rotatable bonds is 3. The zero-order valence-electron chi connectivity index (χ0n) is 11.4. The predicted molar refractivity (Wildman–Crippen MR) is 80.3 cm³/mol. The first kappa shape index (κ1) is 13.1. The van der Waals surface area contributed by atoms with Gasteiger partial charge in [0.05, 0.1) is 5.52 Å². The molecule has 2 N–H and O–H groups in total. The third-order valence-corrected chi connectivity index (χ3v) is 3.16. The number of H-pyrrole nitrogens is 1. The summed E-state index contributed by atoms with van der Waals surface area (Å²) in [6.45, 7) is 1.42. The summed E-state index contributed by atoms with van der Waals surface area (Å²) in [6, 6.07) is 14.3. The van der Waals surface area contributed by atoms with Gasteiger partial charge in [0.15, 0.2) is 11.6 Å². The first-order valence-corrected chi connectivity index (χ1v) is 6.50. The molecule has 1 heterocycles. The number of aromatic amines is 1. The Kier molecular flexibility index (Phi) is 3.23. The minimum absolute atomic E-state index is 0.0625. The Morgan fingerprint density at radius 3 is 2.52 bits per heavy atom. The van der Waals surface area contributed by atoms with E-state index >= 15 is 0 Å². The Morgan fingerprint density at radius 2 is 1.81 bits per heavy atom. The molecule has 0 aliphatic rings. The Balaban J connectivity index is 2.04. The Bertz CT molecular complexity index is 822. The summed E-state index contributed by atoms with van der Waals surface area (Å²) in [5.41, 5.74) is 1.95. The Morgan fingerprint density at radius 1 is 1.05 bits per heavy atom. The van der Waals surface area contributed by atoms with E-state index in [4.69, 9.17) is 0 Å². The van der Waals surface area contributed by atoms with Crippen molar-refractivity contribution in [1.82, 2.24) is 10.2 Å². The summed E-state index contributed by atoms with van der Waals surface area (Å²) in [5.74, 6) is 0.163. The van der Waals surface area contributed by atoms with E-state index in [0.717, 1.165) is 5.52 Å². The van der Waals surface area contributed by atoms with Crippen molar-refractivity contribution in [3.8, 4) is 0 Å². The molecule has 0 bridgehead atoms. The highest BCUT2D eigenvalue weighted by Crippen LogP contribution is 2.23. The van der Waals surface area contributed by atoms with Crippen molar-refractivity contribution in [3.63, 3.8) is 0 Å². The van der Waals surface area contributed by atoms with Gasteiger partial charge in [-0.25, -0.2) is 0 Å². The number of fused-ring (bicyclic) bond motifs is 1. The molecular formula is C16H13N3O2. The quantitative estimate of drug-likeness (QED) is 0.724. The summed E-state index contributed by atoms with van der Waals surface area (Å²) >= 11 is 0. The standard InChI is InChI=1S/C16H13N3O2/c1-10(20)17-16-13-9-12(7-8-14(13)18-19-16)15(21)11-5-3-2-4-6-11/h2-9H,1H3,(H2,17,18,19,20). The molecule has 3 aromatic rings. The van der Waals surface area contributed by atoms with E-state index in [9.17, 15) is 9.59 Å². The zero-order chi connectivity index (χ0) is 14.8. The van der Waals surface area contributed by atoms with Crippen LogP contribution in [0.25, 0.3) is 10.9 Å². The number of hydrogen-bond acceptors (Lipinski definition) is 3. The molecule has 0 aliphatic carbocycles. The van der Waals surface area contributed by atoms with Gasteiger partial charge in [-0.15, -0.1) is 0 Å². The fourth-order valence-corrected chi connectivity index (χ4v) is 2.17. The van der Waals surface area contributed by atoms with Crippen LogP contribution in [0.4, 0.5) is 5.82 Å². The molecule has 0 atom stereocenters. The minimum Gasteiger partial charge on any atom is -0.309 e. The molecule has 3 rings (SSSR count). The molecule has 5 nitrogen and oxygen atoms in total. The molecule has 1 amide bonds. The third-order valence-electron chi connectivity index (χ3n) is 3.16. The van der Waals surface area contributed by atoms with E-state index in [-0.39, 0.29) is 11.7 Å². The smallest absolute Gasteiger partial charge is 0.222 e. The van der Waals surface area contributed by atoms with E-state index in [1.54, 1.807) is 30.3 Å². The number of nitrogens with one attached hydrogen (secondary N) is 2. The second-order valence-electron chi connectivity index (χ2n) is 4.71. The van der Waals surface area contributed by atoms with Crippen molar-refractivity contribution < 1.29 is 9.59 Å². The topological polar surface area (TPSA) is 74.8 Å². The highest BCUT2D eigenvalue weighted by molar-refractivity contribution is 6.11. The van der Waals surface area contributed by atoms with Gasteiger partial charge in [-0.3, -0.25) is 14.7 Å². The first-order valence-electron chi connectivity index (χ1n) is 6.50. The van der Waals surface area contributed by atoms with E-state index in [0.29, 0.717) is 22.3 Å². The molecule has 0 aliphatic heterocycles. The first-order chi connectivity index (χ1) is 10.1. The van der Waals surface area contributed by atoms with Crippen LogP contribution in [0, 0.1) is 0 Å². The van der Waals surface area contributed by atoms with E-state index < -0.39 is 0 Å². The lowest BCUT2D eigenvalue weighted by Gasteiger charge is -2.02. The van der Waals surface area contributed by atoms with Crippen LogP contribution in [-0.4, -0.2) is 21.9 Å². The summed E-state index contributed by atoms with van der Waals surface area (Å²) in [5, 5.41) is 10.2. The van der Waals surface area contributed by atoms with Crippen LogP contribution in [0.2, 0.25) is 0 Å². The normalized spacial score (nSPS) is 10.5. The van der Waals surface area contributed by atoms with Crippen LogP contribution in [-0.2, 0) is 4.79 Å². The van der Waals surface area contributed by atoms with Gasteiger partial charge in [0.2, 0.25) is 5.91 Å². The summed E-state index contributed by atoms with van der Waals surface area (Å²) in [4.78, 5) is 23.6. The second-order valence-corrected chi connectivity index (χ2v) is 4.71. The molecule has 104 valence electrons. The zero-order valence-corrected chi connectivity index (χ0v) is 11.4. The van der Waals surface area contributed by atoms with Gasteiger partial charge in [0, 0.05) is 23.4 Å². The molecule has 0 spiro atoms. The van der Waals surface area contributed by atoms with Gasteiger partial charge < -0.3 is 5.32 Å². The molecule has 0 unspecified atom stereocenters. The number of nitrogens with zero attached hydrogens (tertiary/aromatic N) is 1. The van der Waals surface area contributed by atoms with Gasteiger partial charge >= 0.3 is 0 Å². The highest BCUT2D eigenvalue weighted by Gasteiger charge is 2.12. The van der Waals surface area contributed by atoms with Crippen LogP contribution >= 0.6 is 0 Å². The predicted octanol–water partition coefficient (Wildman–Crippen LogP) is 2.75. The van der Waals surface area contributed by atoms with Crippen LogP contribution in [0.15, 0.2) is 48.5 Å². The fourth-order valence-electron chi connectivity index (χ4n) is 2.17. The number of aromatic nitrogens is 2. The number of ketones is 1. The van der Waals surface area contributed by atoms with Crippen molar-refractivity contribution in [1.29, 1.82) is 0 Å². The maximum atomic E-state index is 12.4. The third kappa shape index (κ3) is 2.53. The molecule has 21 heavy (non-hydrogen) atoms. The van der Waals surface area contributed by atoms with Crippen LogP contribution in [0.1, 0.15) is 22.8 Å². The molecule has 0 fully saturated rings. The molecule has 0 radical (unpaired) electrons. The maximum Gasteiger partial charge on any atom is 0.222 e. The fraction of sp³-hybridized carbons (Fsp3) is 0.0625. The monoisotopic (exact) mass is 279 g/mol. The van der Waals surface area contributed by atoms with Crippen molar-refractivity contribution >= 4 is 28.4 Å². The van der Waals surface area contributed by atoms with E-state index in [1.165, 1.54) is 6.92 Å². The van der Waals surface area contributed by atoms with Gasteiger partial charge in [-0.2, -0.15) is 5.10 Å². The Hall–Kier alpha value is -2.95. The van der Waals surface area contributed by atoms with Gasteiger partial charge in [-0.1, -0.05) is 30.3 Å². The highest BCUT2D eigenvalue weighted by atomic mass is 16.1. The SMILES string of the molecule is CC(=O)Nc1n[nH]c2ccc(C(=O)c3ccccc3)cc12. The van der Waals surface area contributed by atoms with Crippen LogP contribution in [0.3, 0.4) is 0 Å². The lowest BCUT2D eigenvalue weighted by atomic mass is 10.0. The number of hydrogen-bond donors (Lipinski definition) is 2. The average Bonchev–Trinajstić information content (AvgIpc) is 2.89. The van der Waals surface area contributed by atoms with E-state index in [1.807, 2.05) is 18.2 Å². The summed E-state index contributed by atoms with van der Waals surface area (Å²) < 4.78 is 0. The molecule has 5 heteroatoms. The minimum atomic E-state index is -0.205. The number of anilines is 1. The number of carbonyl (C=O) groups excluding carboxylic acids is 2. The van der Waals surface area contributed by atoms with Gasteiger partial charge in [0.1, 0.15) is 0 Å². The van der Waals surface area contributed by atoms with Crippen molar-refractivity contribution in [2.24, 2.45) is 0 Å². The second kappa shape index (κ2) is 5.20.